The van der Waals surface area contributed by atoms with Crippen molar-refractivity contribution >= 4 is 40.5 Å². The summed E-state index contributed by atoms with van der Waals surface area (Å²) in [6.07, 6.45) is 0.692. The number of ether oxygens (including phenoxy) is 1. The number of carbonyl (C=O) groups is 2. The van der Waals surface area contributed by atoms with Crippen LogP contribution < -0.4 is 0 Å². The molecule has 0 spiro atoms. The summed E-state index contributed by atoms with van der Waals surface area (Å²) in [5.41, 5.74) is 4.54. The highest BCUT2D eigenvalue weighted by atomic mass is 35.5. The van der Waals surface area contributed by atoms with Gasteiger partial charge >= 0.3 is 5.97 Å². The van der Waals surface area contributed by atoms with Crippen molar-refractivity contribution in [1.82, 2.24) is 24.4 Å². The van der Waals surface area contributed by atoms with E-state index < -0.39 is 0 Å². The molecule has 1 fully saturated rings. The normalized spacial score (nSPS) is 14.7. The van der Waals surface area contributed by atoms with Gasteiger partial charge in [0.1, 0.15) is 0 Å². The molecule has 3 aromatic rings. The molecule has 0 saturated carbocycles. The number of halogens is 1. The van der Waals surface area contributed by atoms with Gasteiger partial charge in [-0.15, -0.1) is 11.3 Å². The van der Waals surface area contributed by atoms with E-state index in [1.54, 1.807) is 20.8 Å². The lowest BCUT2D eigenvalue weighted by Gasteiger charge is -2.34. The van der Waals surface area contributed by atoms with E-state index in [0.717, 1.165) is 52.3 Å². The van der Waals surface area contributed by atoms with Gasteiger partial charge in [-0.3, -0.25) is 14.5 Å². The molecule has 0 radical (unpaired) electrons. The van der Waals surface area contributed by atoms with Gasteiger partial charge in [0.2, 0.25) is 0 Å². The van der Waals surface area contributed by atoms with Crippen LogP contribution in [0.3, 0.4) is 0 Å². The maximum Gasteiger partial charge on any atom is 0.306 e. The van der Waals surface area contributed by atoms with Gasteiger partial charge < -0.3 is 9.64 Å². The summed E-state index contributed by atoms with van der Waals surface area (Å²) in [7, 11) is 0. The average Bonchev–Trinajstić information content (AvgIpc) is 3.36. The molecule has 8 nitrogen and oxygen atoms in total. The second-order valence-corrected chi connectivity index (χ2v) is 10.1. The standard InChI is InChI=1S/C23H28ClN5O3S/c1-15-12-21-25-16(2)19(17(3)29(21)26-15)5-7-23(31)32-14-22(30)28-10-8-27(9-11-28)13-18-4-6-20(24)33-18/h4,6,12H,5,7-11,13-14H2,1-3H3. The average molecular weight is 490 g/mol. The van der Waals surface area contributed by atoms with Crippen molar-refractivity contribution in [3.63, 3.8) is 0 Å². The second kappa shape index (κ2) is 10.2. The van der Waals surface area contributed by atoms with Crippen LogP contribution in [0.15, 0.2) is 18.2 Å². The van der Waals surface area contributed by atoms with Crippen LogP contribution in [0.1, 0.15) is 33.9 Å². The molecule has 0 bridgehead atoms. The molecule has 3 aromatic heterocycles. The monoisotopic (exact) mass is 489 g/mol. The van der Waals surface area contributed by atoms with Gasteiger partial charge in [-0.1, -0.05) is 11.6 Å². The lowest BCUT2D eigenvalue weighted by atomic mass is 10.1. The highest BCUT2D eigenvalue weighted by Gasteiger charge is 2.22. The van der Waals surface area contributed by atoms with Crippen LogP contribution >= 0.6 is 22.9 Å². The lowest BCUT2D eigenvalue weighted by Crippen LogP contribution is -2.49. The summed E-state index contributed by atoms with van der Waals surface area (Å²) in [6, 6.07) is 5.88. The highest BCUT2D eigenvalue weighted by Crippen LogP contribution is 2.23. The van der Waals surface area contributed by atoms with E-state index in [9.17, 15) is 9.59 Å². The fourth-order valence-electron chi connectivity index (χ4n) is 4.15. The van der Waals surface area contributed by atoms with Crippen molar-refractivity contribution < 1.29 is 14.3 Å². The molecule has 0 N–H and O–H groups in total. The zero-order chi connectivity index (χ0) is 23.5. The summed E-state index contributed by atoms with van der Waals surface area (Å²) in [6.45, 7) is 9.30. The van der Waals surface area contributed by atoms with Crippen LogP contribution in [-0.2, 0) is 27.3 Å². The Balaban J connectivity index is 1.22. The van der Waals surface area contributed by atoms with Gasteiger partial charge in [0.15, 0.2) is 12.3 Å². The number of piperazine rings is 1. The Labute approximate surface area is 202 Å². The molecular weight excluding hydrogens is 462 g/mol. The molecule has 0 atom stereocenters. The minimum absolute atomic E-state index is 0.148. The molecule has 176 valence electrons. The molecule has 4 rings (SSSR count). The molecule has 1 aliphatic heterocycles. The van der Waals surface area contributed by atoms with Crippen LogP contribution in [0.4, 0.5) is 0 Å². The van der Waals surface area contributed by atoms with E-state index in [2.05, 4.69) is 15.0 Å². The maximum atomic E-state index is 12.5. The fraction of sp³-hybridized carbons (Fsp3) is 0.478. The number of thiophene rings is 1. The maximum absolute atomic E-state index is 12.5. The lowest BCUT2D eigenvalue weighted by molar-refractivity contribution is -0.152. The van der Waals surface area contributed by atoms with E-state index in [1.165, 1.54) is 4.88 Å². The molecule has 1 saturated heterocycles. The van der Waals surface area contributed by atoms with E-state index in [4.69, 9.17) is 16.3 Å². The van der Waals surface area contributed by atoms with Crippen molar-refractivity contribution in [3.05, 3.63) is 50.1 Å². The summed E-state index contributed by atoms with van der Waals surface area (Å²) < 4.78 is 7.87. The smallest absolute Gasteiger partial charge is 0.306 e. The Morgan fingerprint density at radius 2 is 1.91 bits per heavy atom. The van der Waals surface area contributed by atoms with E-state index in [0.29, 0.717) is 19.5 Å². The summed E-state index contributed by atoms with van der Waals surface area (Å²) in [5.74, 6) is -0.531. The number of aromatic nitrogens is 3. The van der Waals surface area contributed by atoms with Gasteiger partial charge in [0.05, 0.1) is 10.0 Å². The van der Waals surface area contributed by atoms with Gasteiger partial charge in [0, 0.05) is 61.5 Å². The predicted octanol–water partition coefficient (Wildman–Crippen LogP) is 3.19. The fourth-order valence-corrected chi connectivity index (χ4v) is 5.28. The molecule has 10 heteroatoms. The summed E-state index contributed by atoms with van der Waals surface area (Å²) in [5, 5.41) is 4.46. The number of esters is 1. The van der Waals surface area contributed by atoms with E-state index in [-0.39, 0.29) is 24.9 Å². The minimum Gasteiger partial charge on any atom is -0.456 e. The first-order valence-corrected chi connectivity index (χ1v) is 12.2. The molecule has 0 aliphatic carbocycles. The molecule has 4 heterocycles. The third-order valence-electron chi connectivity index (χ3n) is 5.96. The number of amides is 1. The van der Waals surface area contributed by atoms with Crippen LogP contribution in [-0.4, -0.2) is 69.1 Å². The first-order chi connectivity index (χ1) is 15.8. The molecule has 0 aromatic carbocycles. The summed E-state index contributed by atoms with van der Waals surface area (Å²) in [4.78, 5) is 34.7. The number of fused-ring (bicyclic) bond motifs is 1. The molecule has 0 unspecified atom stereocenters. The topological polar surface area (TPSA) is 80.0 Å². The number of carbonyl (C=O) groups excluding carboxylic acids is 2. The van der Waals surface area contributed by atoms with Crippen LogP contribution in [0.5, 0.6) is 0 Å². The zero-order valence-corrected chi connectivity index (χ0v) is 20.7. The second-order valence-electron chi connectivity index (χ2n) is 8.34. The number of nitrogens with zero attached hydrogens (tertiary/aromatic N) is 5. The van der Waals surface area contributed by atoms with Gasteiger partial charge in [0.25, 0.3) is 5.91 Å². The van der Waals surface area contributed by atoms with E-state index in [1.807, 2.05) is 39.0 Å². The number of rotatable bonds is 7. The van der Waals surface area contributed by atoms with Gasteiger partial charge in [-0.2, -0.15) is 5.10 Å². The third-order valence-corrected chi connectivity index (χ3v) is 7.17. The molecule has 1 amide bonds. The van der Waals surface area contributed by atoms with Crippen LogP contribution in [0.2, 0.25) is 4.34 Å². The Morgan fingerprint density at radius 3 is 2.61 bits per heavy atom. The Hall–Kier alpha value is -2.49. The first kappa shape index (κ1) is 23.7. The van der Waals surface area contributed by atoms with Gasteiger partial charge in [-0.25, -0.2) is 9.50 Å². The Kier molecular flexibility index (Phi) is 7.31. The highest BCUT2D eigenvalue weighted by molar-refractivity contribution is 7.16. The largest absolute Gasteiger partial charge is 0.456 e. The quantitative estimate of drug-likeness (QED) is 0.474. The van der Waals surface area contributed by atoms with Crippen molar-refractivity contribution in [1.29, 1.82) is 0 Å². The van der Waals surface area contributed by atoms with Crippen molar-refractivity contribution in [3.8, 4) is 0 Å². The third kappa shape index (κ3) is 5.72. The number of aryl methyl sites for hydroxylation is 3. The van der Waals surface area contributed by atoms with Gasteiger partial charge in [-0.05, 0) is 44.9 Å². The van der Waals surface area contributed by atoms with Crippen LogP contribution in [0.25, 0.3) is 5.65 Å². The number of hydrogen-bond acceptors (Lipinski definition) is 7. The molecule has 33 heavy (non-hydrogen) atoms. The van der Waals surface area contributed by atoms with E-state index >= 15 is 0 Å². The Bertz CT molecular complexity index is 1170. The zero-order valence-electron chi connectivity index (χ0n) is 19.1. The number of hydrogen-bond donors (Lipinski definition) is 0. The molecular formula is C23H28ClN5O3S. The van der Waals surface area contributed by atoms with Crippen LogP contribution in [0, 0.1) is 20.8 Å². The minimum atomic E-state index is -0.382. The predicted molar refractivity (Wildman–Crippen MR) is 128 cm³/mol. The Morgan fingerprint density at radius 1 is 1.15 bits per heavy atom. The molecule has 1 aliphatic rings. The van der Waals surface area contributed by atoms with Crippen molar-refractivity contribution in [2.45, 2.75) is 40.2 Å². The SMILES string of the molecule is Cc1cc2nc(C)c(CCC(=O)OCC(=O)N3CCN(Cc4ccc(Cl)s4)CC3)c(C)n2n1. The van der Waals surface area contributed by atoms with Crippen molar-refractivity contribution in [2.24, 2.45) is 0 Å². The summed E-state index contributed by atoms with van der Waals surface area (Å²) >= 11 is 7.58. The van der Waals surface area contributed by atoms with Crippen molar-refractivity contribution in [2.75, 3.05) is 32.8 Å². The first-order valence-electron chi connectivity index (χ1n) is 11.0.